The van der Waals surface area contributed by atoms with Crippen LogP contribution in [0.2, 0.25) is 0 Å². The molecule has 0 spiro atoms. The van der Waals surface area contributed by atoms with Gasteiger partial charge in [-0.1, -0.05) is 44.2 Å². The minimum Gasteiger partial charge on any atom is -0.481 e. The number of aliphatic carboxylic acids is 2. The second kappa shape index (κ2) is 12.1. The van der Waals surface area contributed by atoms with Crippen molar-refractivity contribution >= 4 is 29.7 Å². The molecule has 1 saturated heterocycles. The average molecular weight is 477 g/mol. The summed E-state index contributed by atoms with van der Waals surface area (Å²) < 4.78 is 0. The van der Waals surface area contributed by atoms with Gasteiger partial charge in [0.2, 0.25) is 17.7 Å². The van der Waals surface area contributed by atoms with Gasteiger partial charge in [0.05, 0.1) is 12.5 Å². The predicted octanol–water partition coefficient (Wildman–Crippen LogP) is -0.268. The highest BCUT2D eigenvalue weighted by atomic mass is 16.4. The van der Waals surface area contributed by atoms with E-state index in [0.29, 0.717) is 25.8 Å². The zero-order valence-corrected chi connectivity index (χ0v) is 19.3. The van der Waals surface area contributed by atoms with Gasteiger partial charge in [0.25, 0.3) is 0 Å². The normalized spacial score (nSPS) is 18.1. The largest absolute Gasteiger partial charge is 0.481 e. The van der Waals surface area contributed by atoms with E-state index in [0.717, 1.165) is 5.56 Å². The molecule has 11 heteroatoms. The van der Waals surface area contributed by atoms with Crippen LogP contribution in [0.3, 0.4) is 0 Å². The van der Waals surface area contributed by atoms with E-state index in [1.807, 2.05) is 30.3 Å². The molecule has 0 aliphatic carbocycles. The van der Waals surface area contributed by atoms with E-state index in [4.69, 9.17) is 10.8 Å². The van der Waals surface area contributed by atoms with E-state index >= 15 is 0 Å². The van der Waals surface area contributed by atoms with Crippen LogP contribution in [-0.2, 0) is 30.4 Å². The first-order valence-corrected chi connectivity index (χ1v) is 11.2. The molecule has 1 heterocycles. The highest BCUT2D eigenvalue weighted by Gasteiger charge is 2.38. The number of amides is 3. The monoisotopic (exact) mass is 476 g/mol. The molecule has 1 aromatic carbocycles. The molecule has 2 rings (SSSR count). The van der Waals surface area contributed by atoms with Crippen LogP contribution < -0.4 is 16.4 Å². The fraction of sp³-hybridized carbons (Fsp3) is 0.522. The molecule has 4 atom stereocenters. The molecular weight excluding hydrogens is 444 g/mol. The standard InChI is InChI=1S/C23H32N4O7/c1-13(2)19(21(31)25-16(23(33)34)12-18(28)29)26-20(30)17-9-6-10-27(17)22(32)15(24)11-14-7-4-3-5-8-14/h3-5,7-8,13,15-17,19H,6,9-12,24H2,1-2H3,(H,25,31)(H,26,30)(H,28,29)(H,33,34). The lowest BCUT2D eigenvalue weighted by molar-refractivity contribution is -0.147. The number of rotatable bonds is 11. The van der Waals surface area contributed by atoms with Crippen molar-refractivity contribution in [3.8, 4) is 0 Å². The number of nitrogens with one attached hydrogen (secondary N) is 2. The second-order valence-corrected chi connectivity index (χ2v) is 8.71. The Hall–Kier alpha value is -3.47. The molecule has 0 bridgehead atoms. The van der Waals surface area contributed by atoms with E-state index in [1.54, 1.807) is 13.8 Å². The zero-order valence-electron chi connectivity index (χ0n) is 19.3. The Morgan fingerprint density at radius 2 is 1.74 bits per heavy atom. The van der Waals surface area contributed by atoms with E-state index in [-0.39, 0.29) is 5.91 Å². The van der Waals surface area contributed by atoms with Gasteiger partial charge >= 0.3 is 11.9 Å². The van der Waals surface area contributed by atoms with Gasteiger partial charge in [-0.15, -0.1) is 0 Å². The van der Waals surface area contributed by atoms with Crippen molar-refractivity contribution in [3.05, 3.63) is 35.9 Å². The van der Waals surface area contributed by atoms with Crippen molar-refractivity contribution in [3.63, 3.8) is 0 Å². The number of hydrogen-bond donors (Lipinski definition) is 5. The van der Waals surface area contributed by atoms with E-state index in [2.05, 4.69) is 10.6 Å². The summed E-state index contributed by atoms with van der Waals surface area (Å²) in [7, 11) is 0. The first kappa shape index (κ1) is 26.8. The maximum absolute atomic E-state index is 13.0. The van der Waals surface area contributed by atoms with Gasteiger partial charge in [-0.25, -0.2) is 4.79 Å². The third-order valence-corrected chi connectivity index (χ3v) is 5.69. The molecule has 3 amide bonds. The number of carbonyl (C=O) groups excluding carboxylic acids is 3. The van der Waals surface area contributed by atoms with Crippen molar-refractivity contribution in [2.24, 2.45) is 11.7 Å². The summed E-state index contributed by atoms with van der Waals surface area (Å²) in [5, 5.41) is 22.8. The summed E-state index contributed by atoms with van der Waals surface area (Å²) in [5.74, 6) is -5.02. The number of carboxylic acids is 2. The maximum Gasteiger partial charge on any atom is 0.326 e. The molecule has 6 N–H and O–H groups in total. The van der Waals surface area contributed by atoms with E-state index < -0.39 is 60.3 Å². The lowest BCUT2D eigenvalue weighted by atomic mass is 10.0. The molecule has 34 heavy (non-hydrogen) atoms. The first-order chi connectivity index (χ1) is 16.0. The van der Waals surface area contributed by atoms with E-state index in [1.165, 1.54) is 4.90 Å². The number of carbonyl (C=O) groups is 5. The van der Waals surface area contributed by atoms with Crippen molar-refractivity contribution in [2.45, 2.75) is 63.7 Å². The Balaban J connectivity index is 2.06. The average Bonchev–Trinajstić information content (AvgIpc) is 3.26. The van der Waals surface area contributed by atoms with Crippen molar-refractivity contribution in [1.82, 2.24) is 15.5 Å². The third-order valence-electron chi connectivity index (χ3n) is 5.69. The number of nitrogens with two attached hydrogens (primary N) is 1. The summed E-state index contributed by atoms with van der Waals surface area (Å²) in [5.41, 5.74) is 7.02. The van der Waals surface area contributed by atoms with Crippen LogP contribution in [-0.4, -0.2) is 75.5 Å². The minimum atomic E-state index is -1.64. The van der Waals surface area contributed by atoms with Crippen molar-refractivity contribution in [1.29, 1.82) is 0 Å². The summed E-state index contributed by atoms with van der Waals surface area (Å²) >= 11 is 0. The molecule has 0 saturated carbocycles. The lowest BCUT2D eigenvalue weighted by Gasteiger charge is -2.29. The fourth-order valence-electron chi connectivity index (χ4n) is 3.89. The Labute approximate surface area is 197 Å². The van der Waals surface area contributed by atoms with Crippen LogP contribution >= 0.6 is 0 Å². The van der Waals surface area contributed by atoms with Gasteiger partial charge in [0, 0.05) is 6.54 Å². The quantitative estimate of drug-likeness (QED) is 0.289. The topological polar surface area (TPSA) is 179 Å². The van der Waals surface area contributed by atoms with Crippen LogP contribution in [0.4, 0.5) is 0 Å². The number of benzene rings is 1. The van der Waals surface area contributed by atoms with Crippen LogP contribution in [0, 0.1) is 5.92 Å². The molecule has 1 aromatic rings. The number of hydrogen-bond acceptors (Lipinski definition) is 6. The van der Waals surface area contributed by atoms with Gasteiger partial charge in [0.15, 0.2) is 0 Å². The molecule has 0 radical (unpaired) electrons. The smallest absolute Gasteiger partial charge is 0.326 e. The Morgan fingerprint density at radius 3 is 2.29 bits per heavy atom. The number of likely N-dealkylation sites (tertiary alicyclic amines) is 1. The molecule has 1 aliphatic heterocycles. The summed E-state index contributed by atoms with van der Waals surface area (Å²) in [6.07, 6.45) is 0.519. The van der Waals surface area contributed by atoms with Gasteiger partial charge < -0.3 is 31.5 Å². The van der Waals surface area contributed by atoms with Crippen LogP contribution in [0.25, 0.3) is 0 Å². The number of carboxylic acid groups (broad SMARTS) is 2. The highest BCUT2D eigenvalue weighted by Crippen LogP contribution is 2.20. The summed E-state index contributed by atoms with van der Waals surface area (Å²) in [6, 6.07) is 4.90. The molecule has 0 aromatic heterocycles. The highest BCUT2D eigenvalue weighted by molar-refractivity contribution is 5.95. The van der Waals surface area contributed by atoms with Crippen molar-refractivity contribution in [2.75, 3.05) is 6.54 Å². The Morgan fingerprint density at radius 1 is 1.09 bits per heavy atom. The molecule has 1 aliphatic rings. The van der Waals surface area contributed by atoms with Crippen LogP contribution in [0.5, 0.6) is 0 Å². The van der Waals surface area contributed by atoms with Gasteiger partial charge in [-0.05, 0) is 30.7 Å². The van der Waals surface area contributed by atoms with Gasteiger partial charge in [-0.2, -0.15) is 0 Å². The predicted molar refractivity (Wildman–Crippen MR) is 121 cm³/mol. The van der Waals surface area contributed by atoms with Crippen LogP contribution in [0.1, 0.15) is 38.7 Å². The molecule has 11 nitrogen and oxygen atoms in total. The van der Waals surface area contributed by atoms with Crippen molar-refractivity contribution < 1.29 is 34.2 Å². The summed E-state index contributed by atoms with van der Waals surface area (Å²) in [6.45, 7) is 3.67. The molecular formula is C23H32N4O7. The third kappa shape index (κ3) is 7.27. The Kier molecular flexibility index (Phi) is 9.55. The fourth-order valence-corrected chi connectivity index (χ4v) is 3.89. The van der Waals surface area contributed by atoms with Gasteiger partial charge in [-0.3, -0.25) is 19.2 Å². The SMILES string of the molecule is CC(C)C(NC(=O)C1CCCN1C(=O)C(N)Cc1ccccc1)C(=O)NC(CC(=O)O)C(=O)O. The molecule has 1 fully saturated rings. The second-order valence-electron chi connectivity index (χ2n) is 8.71. The lowest BCUT2D eigenvalue weighted by Crippen LogP contribution is -2.58. The maximum atomic E-state index is 13.0. The zero-order chi connectivity index (χ0) is 25.4. The van der Waals surface area contributed by atoms with Gasteiger partial charge in [0.1, 0.15) is 18.1 Å². The molecule has 186 valence electrons. The molecule has 4 unspecified atom stereocenters. The first-order valence-electron chi connectivity index (χ1n) is 11.2. The minimum absolute atomic E-state index is 0.321. The summed E-state index contributed by atoms with van der Waals surface area (Å²) in [4.78, 5) is 62.3. The Bertz CT molecular complexity index is 906. The van der Waals surface area contributed by atoms with Crippen LogP contribution in [0.15, 0.2) is 30.3 Å². The number of nitrogens with zero attached hydrogens (tertiary/aromatic N) is 1. The van der Waals surface area contributed by atoms with E-state index in [9.17, 15) is 29.1 Å².